The zero-order valence-electron chi connectivity index (χ0n) is 17.9. The highest BCUT2D eigenvalue weighted by Crippen LogP contribution is 2.14. The molecule has 0 saturated carbocycles. The first-order valence-electron chi connectivity index (χ1n) is 10.3. The largest absolute Gasteiger partial charge is 0.483 e. The fourth-order valence-corrected chi connectivity index (χ4v) is 3.66. The summed E-state index contributed by atoms with van der Waals surface area (Å²) in [5, 5.41) is 9.90. The van der Waals surface area contributed by atoms with Crippen LogP contribution in [0.25, 0.3) is 0 Å². The Morgan fingerprint density at radius 1 is 0.964 bits per heavy atom. The molecule has 1 unspecified atom stereocenters. The molecule has 2 rings (SSSR count). The van der Waals surface area contributed by atoms with E-state index >= 15 is 0 Å². The van der Waals surface area contributed by atoms with Crippen LogP contribution in [-0.4, -0.2) is 89.6 Å². The Bertz CT molecular complexity index is 501. The first kappa shape index (κ1) is 24.2. The van der Waals surface area contributed by atoms with Crippen LogP contribution in [0.2, 0.25) is 0 Å². The summed E-state index contributed by atoms with van der Waals surface area (Å²) in [6.45, 7) is 13.6. The molecule has 162 valence electrons. The van der Waals surface area contributed by atoms with Crippen LogP contribution >= 0.6 is 0 Å². The third-order valence-corrected chi connectivity index (χ3v) is 4.98. The summed E-state index contributed by atoms with van der Waals surface area (Å²) < 4.78 is 0. The number of urea groups is 1. The first-order chi connectivity index (χ1) is 13.2. The maximum atomic E-state index is 12.8. The molecule has 2 saturated heterocycles. The van der Waals surface area contributed by atoms with E-state index in [9.17, 15) is 9.59 Å². The first-order valence-corrected chi connectivity index (χ1v) is 10.3. The van der Waals surface area contributed by atoms with Crippen molar-refractivity contribution in [1.29, 1.82) is 0 Å². The summed E-state index contributed by atoms with van der Waals surface area (Å²) in [7, 11) is 0. The molecule has 0 aromatic rings. The Labute approximate surface area is 169 Å². The molecule has 2 aliphatic heterocycles. The van der Waals surface area contributed by atoms with Crippen molar-refractivity contribution in [2.24, 2.45) is 5.92 Å². The quantitative estimate of drug-likeness (QED) is 0.708. The van der Waals surface area contributed by atoms with Crippen LogP contribution in [-0.2, 0) is 9.59 Å². The molecule has 2 heterocycles. The summed E-state index contributed by atoms with van der Waals surface area (Å²) in [6.07, 6.45) is 4.67. The zero-order valence-corrected chi connectivity index (χ0v) is 17.9. The van der Waals surface area contributed by atoms with Gasteiger partial charge in [-0.25, -0.2) is 4.79 Å². The maximum absolute atomic E-state index is 12.8. The summed E-state index contributed by atoms with van der Waals surface area (Å²) in [5.41, 5.74) is -0.234. The van der Waals surface area contributed by atoms with Gasteiger partial charge in [0.2, 0.25) is 5.91 Å². The van der Waals surface area contributed by atoms with Crippen LogP contribution < -0.4 is 5.32 Å². The number of carboxylic acid groups (broad SMARTS) is 1. The standard InChI is InChI=1S/C19H36N4O2.CH2O2/c1-16(15-21-9-6-5-7-10-21)17(24)22-11-8-12-23(14-13-22)18(25)20-19(2,3)4;2-1-3/h16H,5-15H2,1-4H3,(H,20,25);1H,(H,2,3). The topological polar surface area (TPSA) is 93.2 Å². The van der Waals surface area contributed by atoms with Gasteiger partial charge < -0.3 is 25.1 Å². The molecular formula is C20H38N4O4. The highest BCUT2D eigenvalue weighted by Gasteiger charge is 2.27. The Morgan fingerprint density at radius 3 is 2.07 bits per heavy atom. The van der Waals surface area contributed by atoms with Crippen LogP contribution in [0.4, 0.5) is 4.79 Å². The molecule has 0 aromatic heterocycles. The maximum Gasteiger partial charge on any atom is 0.317 e. The van der Waals surface area contributed by atoms with E-state index in [4.69, 9.17) is 9.90 Å². The van der Waals surface area contributed by atoms with E-state index < -0.39 is 0 Å². The van der Waals surface area contributed by atoms with Crippen LogP contribution in [0.1, 0.15) is 53.4 Å². The van der Waals surface area contributed by atoms with Gasteiger partial charge >= 0.3 is 6.03 Å². The Hall–Kier alpha value is -1.83. The van der Waals surface area contributed by atoms with Gasteiger partial charge in [-0.15, -0.1) is 0 Å². The molecule has 0 aromatic carbocycles. The van der Waals surface area contributed by atoms with Crippen LogP contribution in [0.3, 0.4) is 0 Å². The summed E-state index contributed by atoms with van der Waals surface area (Å²) in [4.78, 5) is 39.7. The van der Waals surface area contributed by atoms with Gasteiger partial charge in [0.05, 0.1) is 0 Å². The van der Waals surface area contributed by atoms with Gasteiger partial charge in [0.1, 0.15) is 0 Å². The molecule has 3 amide bonds. The average Bonchev–Trinajstić information content (AvgIpc) is 2.87. The SMILES string of the molecule is CC(CN1CCCCC1)C(=O)N1CCCN(C(=O)NC(C)(C)C)CC1.O=CO. The normalized spacial score (nSPS) is 19.7. The summed E-state index contributed by atoms with van der Waals surface area (Å²) in [5.74, 6) is 0.275. The van der Waals surface area contributed by atoms with Gasteiger partial charge in [-0.3, -0.25) is 9.59 Å². The highest BCUT2D eigenvalue weighted by molar-refractivity contribution is 5.79. The average molecular weight is 399 g/mol. The lowest BCUT2D eigenvalue weighted by Gasteiger charge is -2.31. The zero-order chi connectivity index (χ0) is 21.2. The lowest BCUT2D eigenvalue weighted by molar-refractivity contribution is -0.135. The molecule has 0 aliphatic carbocycles. The second-order valence-electron chi connectivity index (χ2n) is 8.71. The van der Waals surface area contributed by atoms with Crippen molar-refractivity contribution in [3.8, 4) is 0 Å². The van der Waals surface area contributed by atoms with Crippen LogP contribution in [0.5, 0.6) is 0 Å². The van der Waals surface area contributed by atoms with Crippen molar-refractivity contribution < 1.29 is 19.5 Å². The highest BCUT2D eigenvalue weighted by atomic mass is 16.3. The van der Waals surface area contributed by atoms with Gasteiger partial charge in [0.15, 0.2) is 0 Å². The lowest BCUT2D eigenvalue weighted by Crippen LogP contribution is -2.49. The van der Waals surface area contributed by atoms with Crippen molar-refractivity contribution in [2.75, 3.05) is 45.8 Å². The third-order valence-electron chi connectivity index (χ3n) is 4.98. The van der Waals surface area contributed by atoms with Gasteiger partial charge in [-0.1, -0.05) is 13.3 Å². The van der Waals surface area contributed by atoms with Crippen LogP contribution in [0, 0.1) is 5.92 Å². The van der Waals surface area contributed by atoms with E-state index in [0.717, 1.165) is 32.6 Å². The minimum atomic E-state index is -0.250. The van der Waals surface area contributed by atoms with Gasteiger partial charge in [0.25, 0.3) is 6.47 Å². The number of hydrogen-bond donors (Lipinski definition) is 2. The fraction of sp³-hybridized carbons (Fsp3) is 0.850. The predicted octanol–water partition coefficient (Wildman–Crippen LogP) is 1.85. The van der Waals surface area contributed by atoms with Gasteiger partial charge in [-0.05, 0) is 53.1 Å². The molecule has 28 heavy (non-hydrogen) atoms. The number of rotatable bonds is 3. The Morgan fingerprint density at radius 2 is 1.50 bits per heavy atom. The van der Waals surface area contributed by atoms with Gasteiger partial charge in [0, 0.05) is 44.2 Å². The third kappa shape index (κ3) is 8.91. The minimum Gasteiger partial charge on any atom is -0.483 e. The van der Waals surface area contributed by atoms with Gasteiger partial charge in [-0.2, -0.15) is 0 Å². The number of amides is 3. The molecule has 0 bridgehead atoms. The Kier molecular flexibility index (Phi) is 10.3. The number of nitrogens with one attached hydrogen (secondary N) is 1. The number of hydrogen-bond acceptors (Lipinski definition) is 4. The Balaban J connectivity index is 0.00000122. The molecule has 8 nitrogen and oxygen atoms in total. The van der Waals surface area contributed by atoms with Crippen molar-refractivity contribution in [3.63, 3.8) is 0 Å². The predicted molar refractivity (Wildman–Crippen MR) is 109 cm³/mol. The molecule has 2 fully saturated rings. The monoisotopic (exact) mass is 398 g/mol. The molecular weight excluding hydrogens is 360 g/mol. The van der Waals surface area contributed by atoms with E-state index in [1.165, 1.54) is 19.3 Å². The molecule has 1 atom stereocenters. The second-order valence-corrected chi connectivity index (χ2v) is 8.71. The fourth-order valence-electron chi connectivity index (χ4n) is 3.66. The van der Waals surface area contributed by atoms with E-state index in [1.54, 1.807) is 0 Å². The number of carbonyl (C=O) groups is 3. The van der Waals surface area contributed by atoms with Crippen molar-refractivity contribution in [1.82, 2.24) is 20.0 Å². The summed E-state index contributed by atoms with van der Waals surface area (Å²) >= 11 is 0. The lowest BCUT2D eigenvalue weighted by atomic mass is 10.1. The number of carbonyl (C=O) groups excluding carboxylic acids is 2. The van der Waals surface area contributed by atoms with E-state index in [0.29, 0.717) is 19.6 Å². The molecule has 0 radical (unpaired) electrons. The number of likely N-dealkylation sites (tertiary alicyclic amines) is 1. The van der Waals surface area contributed by atoms with Crippen molar-refractivity contribution >= 4 is 18.4 Å². The summed E-state index contributed by atoms with van der Waals surface area (Å²) in [6, 6.07) is -0.0248. The number of nitrogens with zero attached hydrogens (tertiary/aromatic N) is 3. The van der Waals surface area contributed by atoms with E-state index in [2.05, 4.69) is 10.2 Å². The van der Waals surface area contributed by atoms with Crippen molar-refractivity contribution in [3.05, 3.63) is 0 Å². The molecule has 8 heteroatoms. The van der Waals surface area contributed by atoms with Crippen molar-refractivity contribution in [2.45, 2.75) is 58.9 Å². The van der Waals surface area contributed by atoms with Crippen LogP contribution in [0.15, 0.2) is 0 Å². The molecule has 2 aliphatic rings. The van der Waals surface area contributed by atoms with E-state index in [-0.39, 0.29) is 29.9 Å². The molecule has 2 N–H and O–H groups in total. The minimum absolute atomic E-state index is 0.0248. The number of piperidine rings is 1. The smallest absolute Gasteiger partial charge is 0.317 e. The van der Waals surface area contributed by atoms with E-state index in [1.807, 2.05) is 37.5 Å². The molecule has 0 spiro atoms. The second kappa shape index (κ2) is 11.9.